The summed E-state index contributed by atoms with van der Waals surface area (Å²) in [6.07, 6.45) is 0.929. The number of hydrogen-bond donors (Lipinski definition) is 1. The summed E-state index contributed by atoms with van der Waals surface area (Å²) < 4.78 is 0. The molecule has 14 heavy (non-hydrogen) atoms. The Balaban J connectivity index is 2.69. The second-order valence-corrected chi connectivity index (χ2v) is 4.79. The maximum absolute atomic E-state index is 12.0. The number of carbonyl (C=O) groups excluding carboxylic acids is 1. The van der Waals surface area contributed by atoms with Crippen LogP contribution >= 0.6 is 0 Å². The van der Waals surface area contributed by atoms with Gasteiger partial charge in [0.25, 0.3) is 0 Å². The predicted molar refractivity (Wildman–Crippen MR) is 58.1 cm³/mol. The first kappa shape index (κ1) is 11.5. The lowest BCUT2D eigenvalue weighted by Gasteiger charge is -2.44. The number of nitrogens with zero attached hydrogens (tertiary/aromatic N) is 1. The van der Waals surface area contributed by atoms with Crippen molar-refractivity contribution in [3.63, 3.8) is 0 Å². The van der Waals surface area contributed by atoms with Gasteiger partial charge in [-0.2, -0.15) is 0 Å². The quantitative estimate of drug-likeness (QED) is 0.724. The molecule has 1 atom stereocenters. The van der Waals surface area contributed by atoms with Crippen LogP contribution in [0.2, 0.25) is 0 Å². The highest BCUT2D eigenvalue weighted by atomic mass is 16.2. The van der Waals surface area contributed by atoms with Crippen LogP contribution in [-0.2, 0) is 4.79 Å². The molecule has 1 amide bonds. The summed E-state index contributed by atoms with van der Waals surface area (Å²) in [5, 5.41) is 3.32. The second-order valence-electron chi connectivity index (χ2n) is 4.79. The predicted octanol–water partition coefficient (Wildman–Crippen LogP) is 1.24. The molecule has 0 aromatic rings. The minimum absolute atomic E-state index is 0.0290. The van der Waals surface area contributed by atoms with Gasteiger partial charge in [0.2, 0.25) is 5.91 Å². The van der Waals surface area contributed by atoms with Gasteiger partial charge in [-0.05, 0) is 20.3 Å². The monoisotopic (exact) mass is 198 g/mol. The number of nitrogens with one attached hydrogen (secondary N) is 1. The minimum atomic E-state index is -0.0290. The fraction of sp³-hybridized carbons (Fsp3) is 0.909. The largest absolute Gasteiger partial charge is 0.335 e. The van der Waals surface area contributed by atoms with Crippen LogP contribution < -0.4 is 5.32 Å². The van der Waals surface area contributed by atoms with Crippen molar-refractivity contribution >= 4 is 5.91 Å². The summed E-state index contributed by atoms with van der Waals surface area (Å²) in [6.45, 7) is 11.0. The highest BCUT2D eigenvalue weighted by Gasteiger charge is 2.34. The lowest BCUT2D eigenvalue weighted by molar-refractivity contribution is -0.141. The standard InChI is InChI=1S/C11H22N2O/c1-5-9(2)10(14)13-7-6-12-8-11(13,3)4/h9,12H,5-8H2,1-4H3. The topological polar surface area (TPSA) is 32.3 Å². The SMILES string of the molecule is CCC(C)C(=O)N1CCNCC1(C)C. The summed E-state index contributed by atoms with van der Waals surface area (Å²) in [5.74, 6) is 0.464. The Labute approximate surface area is 86.9 Å². The maximum Gasteiger partial charge on any atom is 0.225 e. The third-order valence-corrected chi connectivity index (χ3v) is 3.10. The molecule has 0 spiro atoms. The number of amides is 1. The van der Waals surface area contributed by atoms with Crippen LogP contribution in [-0.4, -0.2) is 36.0 Å². The van der Waals surface area contributed by atoms with Crippen LogP contribution in [0.1, 0.15) is 34.1 Å². The molecule has 0 aromatic heterocycles. The van der Waals surface area contributed by atoms with Gasteiger partial charge in [0.1, 0.15) is 0 Å². The van der Waals surface area contributed by atoms with Crippen LogP contribution in [0.15, 0.2) is 0 Å². The molecule has 0 aromatic carbocycles. The van der Waals surface area contributed by atoms with E-state index >= 15 is 0 Å². The van der Waals surface area contributed by atoms with Crippen LogP contribution in [0.4, 0.5) is 0 Å². The van der Waals surface area contributed by atoms with Crippen LogP contribution in [0.3, 0.4) is 0 Å². The van der Waals surface area contributed by atoms with Gasteiger partial charge in [0, 0.05) is 31.1 Å². The third-order valence-electron chi connectivity index (χ3n) is 3.10. The number of hydrogen-bond acceptors (Lipinski definition) is 2. The van der Waals surface area contributed by atoms with Gasteiger partial charge in [-0.25, -0.2) is 0 Å². The van der Waals surface area contributed by atoms with E-state index in [1.807, 2.05) is 11.8 Å². The zero-order chi connectivity index (χ0) is 10.8. The second kappa shape index (κ2) is 4.30. The summed E-state index contributed by atoms with van der Waals surface area (Å²) in [7, 11) is 0. The van der Waals surface area contributed by atoms with E-state index in [0.29, 0.717) is 5.91 Å². The third kappa shape index (κ3) is 2.27. The number of piperazine rings is 1. The lowest BCUT2D eigenvalue weighted by Crippen LogP contribution is -2.60. The molecule has 3 heteroatoms. The van der Waals surface area contributed by atoms with E-state index in [1.165, 1.54) is 0 Å². The zero-order valence-corrected chi connectivity index (χ0v) is 9.76. The van der Waals surface area contributed by atoms with Crippen molar-refractivity contribution in [1.29, 1.82) is 0 Å². The van der Waals surface area contributed by atoms with E-state index in [2.05, 4.69) is 26.1 Å². The van der Waals surface area contributed by atoms with E-state index in [4.69, 9.17) is 0 Å². The molecule has 1 rings (SSSR count). The minimum Gasteiger partial charge on any atom is -0.335 e. The normalized spacial score (nSPS) is 23.3. The van der Waals surface area contributed by atoms with E-state index in [1.54, 1.807) is 0 Å². The molecule has 1 aliphatic rings. The molecule has 0 saturated carbocycles. The fourth-order valence-corrected chi connectivity index (χ4v) is 1.83. The Hall–Kier alpha value is -0.570. The Morgan fingerprint density at radius 1 is 1.57 bits per heavy atom. The number of carbonyl (C=O) groups is 1. The van der Waals surface area contributed by atoms with Crippen molar-refractivity contribution in [3.05, 3.63) is 0 Å². The van der Waals surface area contributed by atoms with Crippen LogP contribution in [0.5, 0.6) is 0 Å². The molecular formula is C11H22N2O. The molecule has 1 aliphatic heterocycles. The molecule has 0 bridgehead atoms. The van der Waals surface area contributed by atoms with Crippen LogP contribution in [0, 0.1) is 5.92 Å². The highest BCUT2D eigenvalue weighted by molar-refractivity contribution is 5.79. The van der Waals surface area contributed by atoms with Crippen molar-refractivity contribution in [2.45, 2.75) is 39.7 Å². The summed E-state index contributed by atoms with van der Waals surface area (Å²) in [5.41, 5.74) is -0.0290. The van der Waals surface area contributed by atoms with Gasteiger partial charge in [0.15, 0.2) is 0 Å². The zero-order valence-electron chi connectivity index (χ0n) is 9.76. The van der Waals surface area contributed by atoms with Crippen molar-refractivity contribution < 1.29 is 4.79 Å². The Bertz CT molecular complexity index is 213. The van der Waals surface area contributed by atoms with Gasteiger partial charge in [-0.3, -0.25) is 4.79 Å². The molecule has 1 saturated heterocycles. The van der Waals surface area contributed by atoms with Gasteiger partial charge >= 0.3 is 0 Å². The molecular weight excluding hydrogens is 176 g/mol. The number of rotatable bonds is 2. The van der Waals surface area contributed by atoms with Gasteiger partial charge in [-0.1, -0.05) is 13.8 Å². The molecule has 0 radical (unpaired) electrons. The molecule has 1 fully saturated rings. The molecule has 0 aliphatic carbocycles. The highest BCUT2D eigenvalue weighted by Crippen LogP contribution is 2.19. The Kier molecular flexibility index (Phi) is 3.53. The molecule has 3 nitrogen and oxygen atoms in total. The molecule has 1 unspecified atom stereocenters. The lowest BCUT2D eigenvalue weighted by atomic mass is 9.97. The van der Waals surface area contributed by atoms with Crippen LogP contribution in [0.25, 0.3) is 0 Å². The Morgan fingerprint density at radius 2 is 2.21 bits per heavy atom. The average molecular weight is 198 g/mol. The van der Waals surface area contributed by atoms with Gasteiger partial charge < -0.3 is 10.2 Å². The van der Waals surface area contributed by atoms with Crippen molar-refractivity contribution in [2.75, 3.05) is 19.6 Å². The van der Waals surface area contributed by atoms with Crippen molar-refractivity contribution in [3.8, 4) is 0 Å². The summed E-state index contributed by atoms with van der Waals surface area (Å²) >= 11 is 0. The van der Waals surface area contributed by atoms with Gasteiger partial charge in [0.05, 0.1) is 0 Å². The molecule has 82 valence electrons. The molecule has 1 N–H and O–H groups in total. The fourth-order valence-electron chi connectivity index (χ4n) is 1.83. The van der Waals surface area contributed by atoms with E-state index in [0.717, 1.165) is 26.1 Å². The van der Waals surface area contributed by atoms with Crippen molar-refractivity contribution in [1.82, 2.24) is 10.2 Å². The first-order valence-electron chi connectivity index (χ1n) is 5.51. The van der Waals surface area contributed by atoms with E-state index in [-0.39, 0.29) is 11.5 Å². The average Bonchev–Trinajstić information content (AvgIpc) is 2.15. The smallest absolute Gasteiger partial charge is 0.225 e. The summed E-state index contributed by atoms with van der Waals surface area (Å²) in [6, 6.07) is 0. The van der Waals surface area contributed by atoms with E-state index in [9.17, 15) is 4.79 Å². The van der Waals surface area contributed by atoms with Gasteiger partial charge in [-0.15, -0.1) is 0 Å². The molecule has 1 heterocycles. The van der Waals surface area contributed by atoms with E-state index < -0.39 is 0 Å². The Morgan fingerprint density at radius 3 is 2.71 bits per heavy atom. The van der Waals surface area contributed by atoms with Crippen molar-refractivity contribution in [2.24, 2.45) is 5.92 Å². The first-order valence-corrected chi connectivity index (χ1v) is 5.51. The summed E-state index contributed by atoms with van der Waals surface area (Å²) in [4.78, 5) is 14.1. The maximum atomic E-state index is 12.0. The first-order chi connectivity index (χ1) is 6.49.